The first-order valence-electron chi connectivity index (χ1n) is 10.4. The second-order valence-corrected chi connectivity index (χ2v) is 7.77. The highest BCUT2D eigenvalue weighted by molar-refractivity contribution is 6.36. The van der Waals surface area contributed by atoms with Crippen LogP contribution < -0.4 is 10.1 Å². The second-order valence-electron chi connectivity index (χ2n) is 7.40. The van der Waals surface area contributed by atoms with Crippen molar-refractivity contribution in [3.8, 4) is 5.75 Å². The summed E-state index contributed by atoms with van der Waals surface area (Å²) in [5, 5.41) is 4.55. The number of benzene rings is 1. The van der Waals surface area contributed by atoms with Gasteiger partial charge in [-0.25, -0.2) is 4.79 Å². The SMILES string of the molecule is CCCN(CCC)CCNC(=O)Oc1ccc2c(Cl)c3c(nc2c1)CCCC3. The lowest BCUT2D eigenvalue weighted by Gasteiger charge is -2.20. The standard InChI is InChI=1S/C22H30ClN3O2/c1-3-12-26(13-4-2)14-11-24-22(27)28-16-9-10-18-20(15-16)25-19-8-6-5-7-17(19)21(18)23/h9-10,15H,3-8,11-14H2,1-2H3,(H,24,27). The number of aromatic nitrogens is 1. The summed E-state index contributed by atoms with van der Waals surface area (Å²) in [5.41, 5.74) is 3.04. The molecule has 6 heteroatoms. The van der Waals surface area contributed by atoms with Crippen molar-refractivity contribution in [3.05, 3.63) is 34.5 Å². The molecule has 1 aromatic heterocycles. The average Bonchev–Trinajstić information content (AvgIpc) is 2.68. The van der Waals surface area contributed by atoms with Crippen molar-refractivity contribution < 1.29 is 9.53 Å². The van der Waals surface area contributed by atoms with Crippen molar-refractivity contribution in [1.29, 1.82) is 0 Å². The summed E-state index contributed by atoms with van der Waals surface area (Å²) < 4.78 is 5.46. The van der Waals surface area contributed by atoms with E-state index in [2.05, 4.69) is 24.1 Å². The minimum Gasteiger partial charge on any atom is -0.410 e. The molecule has 2 aromatic rings. The van der Waals surface area contributed by atoms with Gasteiger partial charge in [0.25, 0.3) is 0 Å². The van der Waals surface area contributed by atoms with E-state index in [-0.39, 0.29) is 0 Å². The molecule has 0 radical (unpaired) electrons. The molecule has 0 bridgehead atoms. The highest BCUT2D eigenvalue weighted by Crippen LogP contribution is 2.34. The Morgan fingerprint density at radius 1 is 1.18 bits per heavy atom. The van der Waals surface area contributed by atoms with Crippen molar-refractivity contribution in [3.63, 3.8) is 0 Å². The lowest BCUT2D eigenvalue weighted by atomic mass is 9.94. The molecule has 0 spiro atoms. The lowest BCUT2D eigenvalue weighted by molar-refractivity contribution is 0.197. The van der Waals surface area contributed by atoms with Crippen molar-refractivity contribution in [2.45, 2.75) is 52.4 Å². The fraction of sp³-hybridized carbons (Fsp3) is 0.545. The molecule has 28 heavy (non-hydrogen) atoms. The number of rotatable bonds is 8. The molecule has 0 atom stereocenters. The topological polar surface area (TPSA) is 54.5 Å². The van der Waals surface area contributed by atoms with Crippen LogP contribution in [-0.4, -0.2) is 42.2 Å². The summed E-state index contributed by atoms with van der Waals surface area (Å²) in [6.07, 6.45) is 6.05. The Kier molecular flexibility index (Phi) is 7.51. The Morgan fingerprint density at radius 2 is 1.93 bits per heavy atom. The molecule has 3 rings (SSSR count). The first kappa shape index (κ1) is 20.9. The van der Waals surface area contributed by atoms with Gasteiger partial charge in [0, 0.05) is 30.2 Å². The normalized spacial score (nSPS) is 13.6. The highest BCUT2D eigenvalue weighted by atomic mass is 35.5. The number of amides is 1. The minimum absolute atomic E-state index is 0.434. The van der Waals surface area contributed by atoms with E-state index in [1.54, 1.807) is 12.1 Å². The van der Waals surface area contributed by atoms with Crippen LogP contribution in [0.15, 0.2) is 18.2 Å². The maximum Gasteiger partial charge on any atom is 0.412 e. The Bertz CT molecular complexity index is 819. The van der Waals surface area contributed by atoms with Gasteiger partial charge in [0.2, 0.25) is 0 Å². The van der Waals surface area contributed by atoms with E-state index in [1.807, 2.05) is 6.07 Å². The first-order valence-corrected chi connectivity index (χ1v) is 10.8. The summed E-state index contributed by atoms with van der Waals surface area (Å²) in [6.45, 7) is 7.84. The van der Waals surface area contributed by atoms with Crippen LogP contribution in [0.5, 0.6) is 5.75 Å². The molecule has 152 valence electrons. The number of fused-ring (bicyclic) bond motifs is 2. The number of nitrogens with zero attached hydrogens (tertiary/aromatic N) is 2. The molecular weight excluding hydrogens is 374 g/mol. The van der Waals surface area contributed by atoms with Crippen LogP contribution in [0.4, 0.5) is 4.79 Å². The number of aryl methyl sites for hydroxylation is 1. The summed E-state index contributed by atoms with van der Waals surface area (Å²) in [5.74, 6) is 0.489. The van der Waals surface area contributed by atoms with Crippen molar-refractivity contribution in [2.24, 2.45) is 0 Å². The van der Waals surface area contributed by atoms with Crippen LogP contribution in [0.3, 0.4) is 0 Å². The molecule has 5 nitrogen and oxygen atoms in total. The fourth-order valence-electron chi connectivity index (χ4n) is 3.84. The second kappa shape index (κ2) is 10.1. The van der Waals surface area contributed by atoms with Gasteiger partial charge in [0.1, 0.15) is 5.75 Å². The lowest BCUT2D eigenvalue weighted by Crippen LogP contribution is -2.37. The largest absolute Gasteiger partial charge is 0.412 e. The van der Waals surface area contributed by atoms with E-state index in [9.17, 15) is 4.79 Å². The quantitative estimate of drug-likeness (QED) is 0.675. The van der Waals surface area contributed by atoms with Gasteiger partial charge in [0.15, 0.2) is 0 Å². The van der Waals surface area contributed by atoms with Crippen LogP contribution in [0.25, 0.3) is 10.9 Å². The van der Waals surface area contributed by atoms with E-state index < -0.39 is 6.09 Å². The third-order valence-electron chi connectivity index (χ3n) is 5.15. The zero-order chi connectivity index (χ0) is 19.9. The smallest absolute Gasteiger partial charge is 0.410 e. The van der Waals surface area contributed by atoms with E-state index in [4.69, 9.17) is 21.3 Å². The highest BCUT2D eigenvalue weighted by Gasteiger charge is 2.17. The Labute approximate surface area is 172 Å². The number of halogens is 1. The first-order chi connectivity index (χ1) is 13.6. The van der Waals surface area contributed by atoms with E-state index in [1.165, 1.54) is 5.56 Å². The zero-order valence-corrected chi connectivity index (χ0v) is 17.6. The summed E-state index contributed by atoms with van der Waals surface area (Å²) in [6, 6.07) is 5.48. The summed E-state index contributed by atoms with van der Waals surface area (Å²) in [4.78, 5) is 19.3. The molecule has 0 saturated heterocycles. The zero-order valence-electron chi connectivity index (χ0n) is 16.9. The van der Waals surface area contributed by atoms with Crippen molar-refractivity contribution in [2.75, 3.05) is 26.2 Å². The molecule has 0 aliphatic heterocycles. The molecule has 1 heterocycles. The molecular formula is C22H30ClN3O2. The van der Waals surface area contributed by atoms with Crippen LogP contribution in [0.2, 0.25) is 5.02 Å². The number of pyridine rings is 1. The third kappa shape index (κ3) is 5.15. The minimum atomic E-state index is -0.434. The summed E-state index contributed by atoms with van der Waals surface area (Å²) >= 11 is 6.60. The van der Waals surface area contributed by atoms with Crippen LogP contribution in [-0.2, 0) is 12.8 Å². The molecule has 1 N–H and O–H groups in total. The third-order valence-corrected chi connectivity index (χ3v) is 5.58. The Morgan fingerprint density at radius 3 is 2.68 bits per heavy atom. The molecule has 1 aromatic carbocycles. The number of carbonyl (C=O) groups is 1. The summed E-state index contributed by atoms with van der Waals surface area (Å²) in [7, 11) is 0. The maximum absolute atomic E-state index is 12.1. The van der Waals surface area contributed by atoms with Gasteiger partial charge in [-0.05, 0) is 69.3 Å². The maximum atomic E-state index is 12.1. The molecule has 1 amide bonds. The molecule has 1 aliphatic carbocycles. The van der Waals surface area contributed by atoms with Gasteiger partial charge >= 0.3 is 6.09 Å². The van der Waals surface area contributed by atoms with Crippen LogP contribution in [0, 0.1) is 0 Å². The number of hydrogen-bond acceptors (Lipinski definition) is 4. The Hall–Kier alpha value is -1.85. The van der Waals surface area contributed by atoms with E-state index >= 15 is 0 Å². The van der Waals surface area contributed by atoms with Crippen LogP contribution >= 0.6 is 11.6 Å². The number of carbonyl (C=O) groups excluding carboxylic acids is 1. The van der Waals surface area contributed by atoms with Crippen LogP contribution in [0.1, 0.15) is 50.8 Å². The van der Waals surface area contributed by atoms with Gasteiger partial charge in [-0.3, -0.25) is 4.98 Å². The van der Waals surface area contributed by atoms with Gasteiger partial charge < -0.3 is 15.0 Å². The predicted molar refractivity (Wildman–Crippen MR) is 114 cm³/mol. The van der Waals surface area contributed by atoms with Crippen molar-refractivity contribution >= 4 is 28.6 Å². The molecule has 0 fully saturated rings. The predicted octanol–water partition coefficient (Wildman–Crippen LogP) is 4.98. The van der Waals surface area contributed by atoms with Crippen molar-refractivity contribution in [1.82, 2.24) is 15.2 Å². The molecule has 0 saturated carbocycles. The van der Waals surface area contributed by atoms with E-state index in [0.717, 1.165) is 79.8 Å². The average molecular weight is 404 g/mol. The van der Waals surface area contributed by atoms with Gasteiger partial charge in [-0.1, -0.05) is 25.4 Å². The van der Waals surface area contributed by atoms with Gasteiger partial charge in [-0.15, -0.1) is 0 Å². The van der Waals surface area contributed by atoms with E-state index in [0.29, 0.717) is 12.3 Å². The number of nitrogens with one attached hydrogen (secondary N) is 1. The monoisotopic (exact) mass is 403 g/mol. The molecule has 1 aliphatic rings. The fourth-order valence-corrected chi connectivity index (χ4v) is 4.20. The van der Waals surface area contributed by atoms with Gasteiger partial charge in [0.05, 0.1) is 10.5 Å². The molecule has 0 unspecified atom stereocenters. The van der Waals surface area contributed by atoms with Gasteiger partial charge in [-0.2, -0.15) is 0 Å². The number of hydrogen-bond donors (Lipinski definition) is 1. The number of ether oxygens (including phenoxy) is 1. The Balaban J connectivity index is 1.61.